The molecule has 1 heterocycles. The second kappa shape index (κ2) is 34.6. The van der Waals surface area contributed by atoms with Gasteiger partial charge in [0.1, 0.15) is 18.2 Å². The lowest BCUT2D eigenvalue weighted by Gasteiger charge is -2.45. The maximum absolute atomic E-state index is 14.5. The van der Waals surface area contributed by atoms with Crippen molar-refractivity contribution in [3.05, 3.63) is 96.1 Å². The number of hydrogen-bond acceptors (Lipinski definition) is 9. The molecule has 10 nitrogen and oxygen atoms in total. The average Bonchev–Trinajstić information content (AvgIpc) is 3.39. The number of aliphatic hydroxyl groups excluding tert-OH is 1. The molecule has 0 aromatic heterocycles. The zero-order valence-electron chi connectivity index (χ0n) is 47.1. The predicted octanol–water partition coefficient (Wildman–Crippen LogP) is 14.8. The summed E-state index contributed by atoms with van der Waals surface area (Å²) in [5, 5.41) is 20.2. The van der Waals surface area contributed by atoms with E-state index >= 15 is 0 Å². The van der Waals surface area contributed by atoms with Gasteiger partial charge in [-0.15, -0.1) is 0 Å². The van der Waals surface area contributed by atoms with Crippen molar-refractivity contribution in [2.24, 2.45) is 0 Å². The molecular weight excluding hydrogens is 955 g/mol. The number of nitrogens with one attached hydrogen (secondary N) is 1. The number of unbranched alkanes of at least 4 members (excludes halogenated alkanes) is 19. The van der Waals surface area contributed by atoms with E-state index in [-0.39, 0.29) is 19.4 Å². The molecule has 0 aliphatic carbocycles. The fourth-order valence-electron chi connectivity index (χ4n) is 10.4. The number of rotatable bonds is 37. The smallest absolute Gasteiger partial charge is 0.306 e. The van der Waals surface area contributed by atoms with Gasteiger partial charge in [0.05, 0.1) is 12.2 Å². The molecule has 4 aromatic carbocycles. The average molecular weight is 1050 g/mol. The van der Waals surface area contributed by atoms with Crippen molar-refractivity contribution < 1.29 is 42.9 Å². The topological polar surface area (TPSA) is 130 Å². The Morgan fingerprint density at radius 3 is 1.60 bits per heavy atom. The highest BCUT2D eigenvalue weighted by molar-refractivity contribution is 6.48. The highest BCUT2D eigenvalue weighted by Crippen LogP contribution is 2.29. The Balaban J connectivity index is 1.15. The van der Waals surface area contributed by atoms with E-state index in [1.54, 1.807) is 0 Å². The molecule has 1 aliphatic rings. The van der Waals surface area contributed by atoms with Crippen molar-refractivity contribution in [3.63, 3.8) is 0 Å². The van der Waals surface area contributed by atoms with Crippen LogP contribution in [0.4, 0.5) is 0 Å². The highest BCUT2D eigenvalue weighted by Gasteiger charge is 2.50. The number of benzene rings is 4. The minimum atomic E-state index is -1.82. The van der Waals surface area contributed by atoms with E-state index in [1.807, 2.05) is 33.9 Å². The molecule has 2 N–H and O–H groups in total. The van der Waals surface area contributed by atoms with E-state index in [1.165, 1.54) is 71.2 Å². The largest absolute Gasteiger partial charge is 0.457 e. The van der Waals surface area contributed by atoms with Crippen molar-refractivity contribution in [2.45, 2.75) is 256 Å². The van der Waals surface area contributed by atoms with Gasteiger partial charge in [-0.25, -0.2) is 0 Å². The number of amides is 1. The van der Waals surface area contributed by atoms with Crippen molar-refractivity contribution in [2.75, 3.05) is 6.61 Å². The standard InChI is InChI=1S/C64H97NO9Si/c1-7-8-9-10-11-12-13-14-21-26-45-55(71-57(66)46-27-22-17-15-19-24-35-49-39-33-41-51-37-29-31-43-53(49)51)62(69)65-59-61(60(68)56(48-70-64(2,3)4)72-63(59)74-75(5)6)73-58(67)47-28-23-18-16-20-25-36-50-40-34-42-52-38-30-32-44-54(50)52/h29-34,37-44,55-56,59-61,63,68,75H,7-28,35-36,45-48H2,1-6H3,(H,65,69)/t55?,56-,59-,60-,61-,63?/m1/s1. The molecule has 75 heavy (non-hydrogen) atoms. The molecule has 6 atom stereocenters. The van der Waals surface area contributed by atoms with Gasteiger partial charge in [0.15, 0.2) is 27.5 Å². The third-order valence-corrected chi connectivity index (χ3v) is 15.4. The molecule has 0 saturated carbocycles. The van der Waals surface area contributed by atoms with Gasteiger partial charge in [0.2, 0.25) is 0 Å². The lowest BCUT2D eigenvalue weighted by Crippen LogP contribution is -2.67. The zero-order valence-corrected chi connectivity index (χ0v) is 48.3. The summed E-state index contributed by atoms with van der Waals surface area (Å²) in [6.45, 7) is 12.0. The van der Waals surface area contributed by atoms with Crippen LogP contribution < -0.4 is 5.32 Å². The molecule has 0 radical (unpaired) electrons. The Bertz CT molecular complexity index is 2230. The van der Waals surface area contributed by atoms with E-state index in [4.69, 9.17) is 23.4 Å². The minimum absolute atomic E-state index is 0.0312. The van der Waals surface area contributed by atoms with E-state index in [2.05, 4.69) is 97.2 Å². The number of ether oxygens (including phenoxy) is 4. The molecule has 0 spiro atoms. The third-order valence-electron chi connectivity index (χ3n) is 14.6. The van der Waals surface area contributed by atoms with Crippen LogP contribution in [0.3, 0.4) is 0 Å². The van der Waals surface area contributed by atoms with Crippen LogP contribution in [-0.2, 0) is 50.6 Å². The molecule has 1 fully saturated rings. The second-order valence-electron chi connectivity index (χ2n) is 22.6. The second-order valence-corrected chi connectivity index (χ2v) is 25.0. The molecule has 416 valence electrons. The quantitative estimate of drug-likeness (QED) is 0.0258. The van der Waals surface area contributed by atoms with Gasteiger partial charge in [0, 0.05) is 12.8 Å². The van der Waals surface area contributed by atoms with Crippen LogP contribution in [0.5, 0.6) is 0 Å². The summed E-state index contributed by atoms with van der Waals surface area (Å²) in [4.78, 5) is 41.8. The monoisotopic (exact) mass is 1050 g/mol. The molecule has 1 saturated heterocycles. The number of hydrogen-bond donors (Lipinski definition) is 2. The van der Waals surface area contributed by atoms with Gasteiger partial charge < -0.3 is 33.8 Å². The highest BCUT2D eigenvalue weighted by atomic mass is 28.3. The summed E-state index contributed by atoms with van der Waals surface area (Å²) in [6.07, 6.45) is 20.6. The number of fused-ring (bicyclic) bond motifs is 2. The molecular formula is C64H97NO9Si. The Morgan fingerprint density at radius 2 is 1.08 bits per heavy atom. The van der Waals surface area contributed by atoms with E-state index in [0.29, 0.717) is 19.3 Å². The Labute approximate surface area is 453 Å². The van der Waals surface area contributed by atoms with Crippen LogP contribution in [0.1, 0.15) is 199 Å². The number of carbonyl (C=O) groups is 3. The van der Waals surface area contributed by atoms with E-state index < -0.39 is 69.2 Å². The maximum Gasteiger partial charge on any atom is 0.306 e. The third kappa shape index (κ3) is 23.2. The Morgan fingerprint density at radius 1 is 0.613 bits per heavy atom. The summed E-state index contributed by atoms with van der Waals surface area (Å²) in [5.74, 6) is -1.35. The fourth-order valence-corrected chi connectivity index (χ4v) is 11.2. The molecule has 5 rings (SSSR count). The number of carbonyl (C=O) groups excluding carboxylic acids is 3. The molecule has 0 bridgehead atoms. The lowest BCUT2D eigenvalue weighted by molar-refractivity contribution is -0.259. The van der Waals surface area contributed by atoms with Crippen LogP contribution in [0, 0.1) is 0 Å². The normalized spacial score (nSPS) is 18.4. The lowest BCUT2D eigenvalue weighted by atomic mass is 9.95. The predicted molar refractivity (Wildman–Crippen MR) is 308 cm³/mol. The Kier molecular flexibility index (Phi) is 28.5. The van der Waals surface area contributed by atoms with Crippen molar-refractivity contribution >= 4 is 48.4 Å². The first-order chi connectivity index (χ1) is 36.3. The van der Waals surface area contributed by atoms with Crippen molar-refractivity contribution in [3.8, 4) is 0 Å². The minimum Gasteiger partial charge on any atom is -0.457 e. The molecule has 4 aromatic rings. The number of aryl methyl sites for hydroxylation is 2. The van der Waals surface area contributed by atoms with Crippen LogP contribution in [0.2, 0.25) is 13.1 Å². The number of aliphatic hydroxyl groups is 1. The fraction of sp³-hybridized carbons (Fsp3) is 0.641. The Hall–Kier alpha value is -4.13. The SMILES string of the molecule is CCCCCCCCCCCCC(OC(=O)CCCCCCCCc1cccc2ccccc12)C(=O)N[C@H]1C(O[SiH](C)C)O[C@H](COC(C)(C)C)[C@@H](O)[C@@H]1OC(=O)CCCCCCCCc1cccc2ccccc12. The van der Waals surface area contributed by atoms with Gasteiger partial charge in [-0.2, -0.15) is 0 Å². The summed E-state index contributed by atoms with van der Waals surface area (Å²) in [7, 11) is -1.82. The van der Waals surface area contributed by atoms with Gasteiger partial charge in [-0.05, 0) is 118 Å². The van der Waals surface area contributed by atoms with E-state index in [0.717, 1.165) is 103 Å². The summed E-state index contributed by atoms with van der Waals surface area (Å²) in [5.41, 5.74) is 2.26. The van der Waals surface area contributed by atoms with Crippen LogP contribution in [0.15, 0.2) is 84.9 Å². The summed E-state index contributed by atoms with van der Waals surface area (Å²) in [6, 6.07) is 29.1. The van der Waals surface area contributed by atoms with Gasteiger partial charge >= 0.3 is 11.9 Å². The van der Waals surface area contributed by atoms with Crippen LogP contribution >= 0.6 is 0 Å². The van der Waals surface area contributed by atoms with Gasteiger partial charge in [-0.1, -0.05) is 201 Å². The zero-order chi connectivity index (χ0) is 53.7. The molecule has 1 amide bonds. The summed E-state index contributed by atoms with van der Waals surface area (Å²) < 4.78 is 31.2. The molecule has 1 aliphatic heterocycles. The summed E-state index contributed by atoms with van der Waals surface area (Å²) >= 11 is 0. The van der Waals surface area contributed by atoms with Crippen LogP contribution in [0.25, 0.3) is 21.5 Å². The first-order valence-corrected chi connectivity index (χ1v) is 32.4. The maximum atomic E-state index is 14.5. The van der Waals surface area contributed by atoms with Crippen molar-refractivity contribution in [1.29, 1.82) is 0 Å². The first kappa shape index (κ1) is 61.7. The first-order valence-electron chi connectivity index (χ1n) is 29.6. The van der Waals surface area contributed by atoms with Crippen LogP contribution in [-0.4, -0.2) is 80.9 Å². The van der Waals surface area contributed by atoms with Gasteiger partial charge in [0.25, 0.3) is 5.91 Å². The van der Waals surface area contributed by atoms with Crippen molar-refractivity contribution in [1.82, 2.24) is 5.32 Å². The molecule has 2 unspecified atom stereocenters. The molecule has 11 heteroatoms. The van der Waals surface area contributed by atoms with E-state index in [9.17, 15) is 19.5 Å². The van der Waals surface area contributed by atoms with Gasteiger partial charge in [-0.3, -0.25) is 14.4 Å². The number of esters is 2.